The number of unbranched alkanes of at least 4 members (excludes halogenated alkanes) is 8. The minimum absolute atomic E-state index is 0.0189. The van der Waals surface area contributed by atoms with Crippen molar-refractivity contribution >= 4 is 5.97 Å². The fraction of sp³-hybridized carbons (Fsp3) is 0.857. The smallest absolute Gasteiger partial charge is 0.306 e. The van der Waals surface area contributed by atoms with Gasteiger partial charge in [0.2, 0.25) is 0 Å². The molecule has 2 nitrogen and oxygen atoms in total. The van der Waals surface area contributed by atoms with Crippen molar-refractivity contribution in [1.29, 1.82) is 0 Å². The molecular weight excluding hydrogens is 284 g/mol. The Morgan fingerprint density at radius 3 is 1.96 bits per heavy atom. The Hall–Kier alpha value is -0.790. The average molecular weight is 325 g/mol. The van der Waals surface area contributed by atoms with E-state index in [0.29, 0.717) is 18.9 Å². The fourth-order valence-corrected chi connectivity index (χ4v) is 2.95. The number of hydrogen-bond donors (Lipinski definition) is 0. The van der Waals surface area contributed by atoms with Gasteiger partial charge in [0.15, 0.2) is 0 Å². The number of carbonyl (C=O) groups excluding carboxylic acids is 1. The molecule has 0 spiro atoms. The molecule has 0 N–H and O–H groups in total. The molecule has 23 heavy (non-hydrogen) atoms. The van der Waals surface area contributed by atoms with Crippen LogP contribution in [0.4, 0.5) is 0 Å². The van der Waals surface area contributed by atoms with Crippen molar-refractivity contribution in [2.24, 2.45) is 5.92 Å². The number of allylic oxidation sites excluding steroid dienone is 1. The number of carbonyl (C=O) groups is 1. The van der Waals surface area contributed by atoms with Crippen molar-refractivity contribution in [3.05, 3.63) is 12.2 Å². The van der Waals surface area contributed by atoms with Gasteiger partial charge in [-0.1, -0.05) is 90.2 Å². The standard InChI is InChI=1S/C21H40O2/c1-4-7-10-12-13-15-17-20(16-14-11-8-5-2)19-21(22)23-18-9-6-3/h6,9,20H,4-5,7-8,10-19H2,1-3H3. The molecular formula is C21H40O2. The monoisotopic (exact) mass is 324 g/mol. The van der Waals surface area contributed by atoms with Gasteiger partial charge in [0.1, 0.15) is 6.61 Å². The van der Waals surface area contributed by atoms with E-state index in [1.165, 1.54) is 77.0 Å². The van der Waals surface area contributed by atoms with E-state index >= 15 is 0 Å². The maximum atomic E-state index is 11.9. The van der Waals surface area contributed by atoms with E-state index < -0.39 is 0 Å². The third kappa shape index (κ3) is 15.9. The van der Waals surface area contributed by atoms with Crippen LogP contribution < -0.4 is 0 Å². The summed E-state index contributed by atoms with van der Waals surface area (Å²) in [6.07, 6.45) is 19.9. The Morgan fingerprint density at radius 2 is 1.39 bits per heavy atom. The molecule has 0 fully saturated rings. The van der Waals surface area contributed by atoms with Gasteiger partial charge in [0, 0.05) is 6.42 Å². The molecule has 1 unspecified atom stereocenters. The first kappa shape index (κ1) is 22.2. The molecule has 0 saturated heterocycles. The van der Waals surface area contributed by atoms with Crippen LogP contribution in [0, 0.1) is 5.92 Å². The van der Waals surface area contributed by atoms with E-state index in [0.717, 1.165) is 0 Å². The normalized spacial score (nSPS) is 12.7. The van der Waals surface area contributed by atoms with E-state index in [2.05, 4.69) is 13.8 Å². The molecule has 136 valence electrons. The van der Waals surface area contributed by atoms with E-state index in [-0.39, 0.29) is 5.97 Å². The minimum Gasteiger partial charge on any atom is -0.461 e. The van der Waals surface area contributed by atoms with Crippen LogP contribution in [0.2, 0.25) is 0 Å². The van der Waals surface area contributed by atoms with Gasteiger partial charge in [-0.25, -0.2) is 0 Å². The van der Waals surface area contributed by atoms with Gasteiger partial charge >= 0.3 is 5.97 Å². The van der Waals surface area contributed by atoms with Crippen LogP contribution in [-0.2, 0) is 9.53 Å². The molecule has 0 aliphatic rings. The second kappa shape index (κ2) is 17.6. The molecule has 0 aliphatic carbocycles. The highest BCUT2D eigenvalue weighted by atomic mass is 16.5. The predicted octanol–water partition coefficient (Wildman–Crippen LogP) is 6.83. The van der Waals surface area contributed by atoms with Gasteiger partial charge < -0.3 is 4.74 Å². The van der Waals surface area contributed by atoms with Crippen LogP contribution in [0.1, 0.15) is 104 Å². The molecule has 2 heteroatoms. The zero-order chi connectivity index (χ0) is 17.2. The van der Waals surface area contributed by atoms with Crippen molar-refractivity contribution < 1.29 is 9.53 Å². The summed E-state index contributed by atoms with van der Waals surface area (Å²) >= 11 is 0. The summed E-state index contributed by atoms with van der Waals surface area (Å²) in [6, 6.07) is 0. The van der Waals surface area contributed by atoms with E-state index in [4.69, 9.17) is 4.74 Å². The van der Waals surface area contributed by atoms with Crippen molar-refractivity contribution in [1.82, 2.24) is 0 Å². The third-order valence-corrected chi connectivity index (χ3v) is 4.46. The van der Waals surface area contributed by atoms with Crippen molar-refractivity contribution in [2.75, 3.05) is 6.61 Å². The molecule has 0 aliphatic heterocycles. The molecule has 0 bridgehead atoms. The molecule has 1 atom stereocenters. The Kier molecular flexibility index (Phi) is 17.0. The molecule has 0 radical (unpaired) electrons. The Balaban J connectivity index is 3.98. The zero-order valence-corrected chi connectivity index (χ0v) is 15.9. The van der Waals surface area contributed by atoms with Crippen LogP contribution in [0.15, 0.2) is 12.2 Å². The first-order valence-electron chi connectivity index (χ1n) is 10.0. The Labute approximate surface area is 145 Å². The summed E-state index contributed by atoms with van der Waals surface area (Å²) in [7, 11) is 0. The summed E-state index contributed by atoms with van der Waals surface area (Å²) in [5.41, 5.74) is 0. The van der Waals surface area contributed by atoms with E-state index in [1.54, 1.807) is 0 Å². The highest BCUT2D eigenvalue weighted by molar-refractivity contribution is 5.69. The Morgan fingerprint density at radius 1 is 0.870 bits per heavy atom. The van der Waals surface area contributed by atoms with Crippen LogP contribution in [0.25, 0.3) is 0 Å². The summed E-state index contributed by atoms with van der Waals surface area (Å²) < 4.78 is 5.27. The molecule has 0 aromatic carbocycles. The van der Waals surface area contributed by atoms with Gasteiger partial charge in [0.25, 0.3) is 0 Å². The maximum absolute atomic E-state index is 11.9. The summed E-state index contributed by atoms with van der Waals surface area (Å²) in [5.74, 6) is 0.505. The van der Waals surface area contributed by atoms with Crippen LogP contribution in [0.5, 0.6) is 0 Å². The zero-order valence-electron chi connectivity index (χ0n) is 15.9. The fourth-order valence-electron chi connectivity index (χ4n) is 2.95. The van der Waals surface area contributed by atoms with E-state index in [9.17, 15) is 4.79 Å². The summed E-state index contributed by atoms with van der Waals surface area (Å²) in [5, 5.41) is 0. The average Bonchev–Trinajstić information content (AvgIpc) is 2.54. The van der Waals surface area contributed by atoms with Crippen molar-refractivity contribution in [3.8, 4) is 0 Å². The predicted molar refractivity (Wildman–Crippen MR) is 101 cm³/mol. The number of esters is 1. The van der Waals surface area contributed by atoms with Crippen molar-refractivity contribution in [3.63, 3.8) is 0 Å². The van der Waals surface area contributed by atoms with Crippen LogP contribution in [-0.4, -0.2) is 12.6 Å². The molecule has 0 aromatic rings. The SMILES string of the molecule is CC=CCOC(=O)CC(CCCCCC)CCCCCCCC. The quantitative estimate of drug-likeness (QED) is 0.177. The molecule has 0 aromatic heterocycles. The molecule has 0 amide bonds. The number of rotatable bonds is 16. The lowest BCUT2D eigenvalue weighted by molar-refractivity contribution is -0.143. The van der Waals surface area contributed by atoms with Gasteiger partial charge in [-0.05, 0) is 25.7 Å². The minimum atomic E-state index is -0.0189. The highest BCUT2D eigenvalue weighted by Crippen LogP contribution is 2.22. The summed E-state index contributed by atoms with van der Waals surface area (Å²) in [6.45, 7) is 6.87. The lowest BCUT2D eigenvalue weighted by Crippen LogP contribution is -2.12. The Bertz CT molecular complexity index is 284. The molecule has 0 rings (SSSR count). The van der Waals surface area contributed by atoms with Gasteiger partial charge in [-0.15, -0.1) is 0 Å². The third-order valence-electron chi connectivity index (χ3n) is 4.46. The first-order valence-corrected chi connectivity index (χ1v) is 10.0. The topological polar surface area (TPSA) is 26.3 Å². The van der Waals surface area contributed by atoms with E-state index in [1.807, 2.05) is 19.1 Å². The van der Waals surface area contributed by atoms with Crippen LogP contribution in [0.3, 0.4) is 0 Å². The van der Waals surface area contributed by atoms with Gasteiger partial charge in [0.05, 0.1) is 0 Å². The van der Waals surface area contributed by atoms with Crippen LogP contribution >= 0.6 is 0 Å². The molecule has 0 saturated carbocycles. The second-order valence-corrected chi connectivity index (χ2v) is 6.73. The largest absolute Gasteiger partial charge is 0.461 e. The van der Waals surface area contributed by atoms with Gasteiger partial charge in [-0.3, -0.25) is 4.79 Å². The first-order chi connectivity index (χ1) is 11.2. The lowest BCUT2D eigenvalue weighted by atomic mass is 9.91. The number of ether oxygens (including phenoxy) is 1. The maximum Gasteiger partial charge on any atom is 0.306 e. The second-order valence-electron chi connectivity index (χ2n) is 6.73. The molecule has 0 heterocycles. The van der Waals surface area contributed by atoms with Gasteiger partial charge in [-0.2, -0.15) is 0 Å². The highest BCUT2D eigenvalue weighted by Gasteiger charge is 2.14. The number of hydrogen-bond acceptors (Lipinski definition) is 2. The van der Waals surface area contributed by atoms with Crippen molar-refractivity contribution in [2.45, 2.75) is 104 Å². The lowest BCUT2D eigenvalue weighted by Gasteiger charge is -2.16. The summed E-state index contributed by atoms with van der Waals surface area (Å²) in [4.78, 5) is 11.9.